The molecule has 1 rings (SSSR count). The Morgan fingerprint density at radius 1 is 1.35 bits per heavy atom. The third kappa shape index (κ3) is 5.34. The number of nitrogens with zero attached hydrogens (tertiary/aromatic N) is 2. The first-order chi connectivity index (χ1) is 7.90. The number of halogens is 3. The second-order valence-corrected chi connectivity index (χ2v) is 3.21. The Morgan fingerprint density at radius 3 is 2.53 bits per heavy atom. The minimum absolute atomic E-state index is 0.0390. The molecule has 1 aromatic rings. The standard InChI is InChI=1S/C9H12F3N3O2/c1-6(16-2)3-13-7-4-15-8(5-14-7)17-9(10,11)12/h4-6H,3H2,1-2H3,(H,13,14). The highest BCUT2D eigenvalue weighted by molar-refractivity contribution is 5.32. The van der Waals surface area contributed by atoms with Crippen LogP contribution >= 0.6 is 0 Å². The van der Waals surface area contributed by atoms with E-state index in [9.17, 15) is 13.2 Å². The first-order valence-electron chi connectivity index (χ1n) is 4.75. The minimum Gasteiger partial charge on any atom is -0.386 e. The molecule has 1 heterocycles. The third-order valence-electron chi connectivity index (χ3n) is 1.82. The SMILES string of the molecule is COC(C)CNc1cnc(OC(F)(F)F)cn1. The van der Waals surface area contributed by atoms with E-state index >= 15 is 0 Å². The molecule has 0 fully saturated rings. The van der Waals surface area contributed by atoms with E-state index in [2.05, 4.69) is 20.0 Å². The van der Waals surface area contributed by atoms with Crippen LogP contribution < -0.4 is 10.1 Å². The van der Waals surface area contributed by atoms with Crippen molar-refractivity contribution in [2.45, 2.75) is 19.4 Å². The molecular formula is C9H12F3N3O2. The van der Waals surface area contributed by atoms with Crippen LogP contribution in [0.2, 0.25) is 0 Å². The van der Waals surface area contributed by atoms with Gasteiger partial charge in [0.1, 0.15) is 5.82 Å². The molecule has 0 saturated heterocycles. The summed E-state index contributed by atoms with van der Waals surface area (Å²) in [5.41, 5.74) is 0. The predicted molar refractivity (Wildman–Crippen MR) is 53.7 cm³/mol. The van der Waals surface area contributed by atoms with Crippen LogP contribution in [0.1, 0.15) is 6.92 Å². The average Bonchev–Trinajstić information content (AvgIpc) is 2.25. The van der Waals surface area contributed by atoms with Crippen LogP contribution in [0.4, 0.5) is 19.0 Å². The molecule has 0 radical (unpaired) electrons. The molecule has 0 saturated carbocycles. The van der Waals surface area contributed by atoms with E-state index in [-0.39, 0.29) is 6.10 Å². The maximum Gasteiger partial charge on any atom is 0.574 e. The number of hydrogen-bond donors (Lipinski definition) is 1. The molecule has 0 bridgehead atoms. The zero-order valence-corrected chi connectivity index (χ0v) is 9.28. The number of alkyl halides is 3. The molecule has 0 spiro atoms. The zero-order valence-electron chi connectivity index (χ0n) is 9.28. The lowest BCUT2D eigenvalue weighted by Crippen LogP contribution is -2.20. The average molecular weight is 251 g/mol. The van der Waals surface area contributed by atoms with Crippen LogP contribution in [-0.2, 0) is 4.74 Å². The van der Waals surface area contributed by atoms with Crippen molar-refractivity contribution < 1.29 is 22.6 Å². The second kappa shape index (κ2) is 5.67. The number of ether oxygens (including phenoxy) is 2. The minimum atomic E-state index is -4.76. The highest BCUT2D eigenvalue weighted by Gasteiger charge is 2.31. The molecule has 1 unspecified atom stereocenters. The molecule has 1 aromatic heterocycles. The fourth-order valence-corrected chi connectivity index (χ4v) is 0.910. The van der Waals surface area contributed by atoms with Crippen molar-refractivity contribution in [1.29, 1.82) is 0 Å². The topological polar surface area (TPSA) is 56.3 Å². The van der Waals surface area contributed by atoms with Crippen LogP contribution in [0.15, 0.2) is 12.4 Å². The van der Waals surface area contributed by atoms with Gasteiger partial charge in [-0.25, -0.2) is 9.97 Å². The first-order valence-corrected chi connectivity index (χ1v) is 4.75. The maximum atomic E-state index is 11.8. The van der Waals surface area contributed by atoms with Gasteiger partial charge in [0.2, 0.25) is 5.88 Å². The summed E-state index contributed by atoms with van der Waals surface area (Å²) in [6.07, 6.45) is -2.74. The number of nitrogens with one attached hydrogen (secondary N) is 1. The third-order valence-corrected chi connectivity index (χ3v) is 1.82. The van der Waals surface area contributed by atoms with Crippen LogP contribution in [0.3, 0.4) is 0 Å². The largest absolute Gasteiger partial charge is 0.574 e. The molecule has 17 heavy (non-hydrogen) atoms. The monoisotopic (exact) mass is 251 g/mol. The molecule has 5 nitrogen and oxygen atoms in total. The molecule has 1 atom stereocenters. The van der Waals surface area contributed by atoms with Gasteiger partial charge in [-0.3, -0.25) is 0 Å². The van der Waals surface area contributed by atoms with Gasteiger partial charge in [-0.15, -0.1) is 13.2 Å². The van der Waals surface area contributed by atoms with Crippen molar-refractivity contribution >= 4 is 5.82 Å². The molecule has 96 valence electrons. The number of methoxy groups -OCH3 is 1. The van der Waals surface area contributed by atoms with E-state index in [4.69, 9.17) is 4.74 Å². The van der Waals surface area contributed by atoms with Crippen molar-refractivity contribution in [3.8, 4) is 5.88 Å². The van der Waals surface area contributed by atoms with E-state index in [1.165, 1.54) is 0 Å². The Bertz CT molecular complexity index is 342. The summed E-state index contributed by atoms with van der Waals surface area (Å²) >= 11 is 0. The molecule has 0 aliphatic rings. The lowest BCUT2D eigenvalue weighted by atomic mass is 10.4. The van der Waals surface area contributed by atoms with Gasteiger partial charge in [0.05, 0.1) is 18.5 Å². The molecule has 0 aliphatic heterocycles. The molecule has 8 heteroatoms. The van der Waals surface area contributed by atoms with E-state index in [0.717, 1.165) is 12.4 Å². The number of hydrogen-bond acceptors (Lipinski definition) is 5. The normalized spacial score (nSPS) is 13.2. The fraction of sp³-hybridized carbons (Fsp3) is 0.556. The predicted octanol–water partition coefficient (Wildman–Crippen LogP) is 1.82. The quantitative estimate of drug-likeness (QED) is 0.865. The van der Waals surface area contributed by atoms with Crippen LogP contribution in [-0.4, -0.2) is 36.1 Å². The Morgan fingerprint density at radius 2 is 2.06 bits per heavy atom. The summed E-state index contributed by atoms with van der Waals surface area (Å²) < 4.78 is 44.0. The summed E-state index contributed by atoms with van der Waals surface area (Å²) in [6, 6.07) is 0. The van der Waals surface area contributed by atoms with Gasteiger partial charge < -0.3 is 14.8 Å². The van der Waals surface area contributed by atoms with Crippen molar-refractivity contribution in [3.63, 3.8) is 0 Å². The molecule has 0 aliphatic carbocycles. The number of rotatable bonds is 5. The van der Waals surface area contributed by atoms with Crippen LogP contribution in [0.25, 0.3) is 0 Å². The highest BCUT2D eigenvalue weighted by Crippen LogP contribution is 2.20. The van der Waals surface area contributed by atoms with Gasteiger partial charge in [0, 0.05) is 13.7 Å². The smallest absolute Gasteiger partial charge is 0.386 e. The zero-order chi connectivity index (χ0) is 12.9. The van der Waals surface area contributed by atoms with Crippen molar-refractivity contribution in [3.05, 3.63) is 12.4 Å². The Labute approximate surface area is 96.0 Å². The molecule has 0 amide bonds. The summed E-state index contributed by atoms with van der Waals surface area (Å²) in [7, 11) is 1.55. The van der Waals surface area contributed by atoms with Gasteiger partial charge >= 0.3 is 6.36 Å². The summed E-state index contributed by atoms with van der Waals surface area (Å²) in [5, 5.41) is 2.85. The highest BCUT2D eigenvalue weighted by atomic mass is 19.4. The maximum absolute atomic E-state index is 11.8. The second-order valence-electron chi connectivity index (χ2n) is 3.21. The summed E-state index contributed by atoms with van der Waals surface area (Å²) in [4.78, 5) is 7.17. The first kappa shape index (κ1) is 13.5. The van der Waals surface area contributed by atoms with Gasteiger partial charge in [-0.1, -0.05) is 0 Å². The van der Waals surface area contributed by atoms with E-state index in [1.54, 1.807) is 7.11 Å². The van der Waals surface area contributed by atoms with E-state index in [0.29, 0.717) is 12.4 Å². The van der Waals surface area contributed by atoms with E-state index in [1.807, 2.05) is 6.92 Å². The lowest BCUT2D eigenvalue weighted by molar-refractivity contribution is -0.276. The molecule has 1 N–H and O–H groups in total. The van der Waals surface area contributed by atoms with Gasteiger partial charge in [0.15, 0.2) is 0 Å². The van der Waals surface area contributed by atoms with Gasteiger partial charge in [0.25, 0.3) is 0 Å². The number of anilines is 1. The Kier molecular flexibility index (Phi) is 4.50. The van der Waals surface area contributed by atoms with Crippen LogP contribution in [0.5, 0.6) is 5.88 Å². The van der Waals surface area contributed by atoms with Crippen molar-refractivity contribution in [1.82, 2.24) is 9.97 Å². The fourth-order valence-electron chi connectivity index (χ4n) is 0.910. The number of aromatic nitrogens is 2. The Balaban J connectivity index is 2.50. The Hall–Kier alpha value is -1.57. The molecular weight excluding hydrogens is 239 g/mol. The van der Waals surface area contributed by atoms with Gasteiger partial charge in [-0.05, 0) is 6.92 Å². The lowest BCUT2D eigenvalue weighted by Gasteiger charge is -2.11. The van der Waals surface area contributed by atoms with E-state index < -0.39 is 12.2 Å². The van der Waals surface area contributed by atoms with Crippen LogP contribution in [0, 0.1) is 0 Å². The summed E-state index contributed by atoms with van der Waals surface area (Å²) in [6.45, 7) is 2.31. The van der Waals surface area contributed by atoms with Gasteiger partial charge in [-0.2, -0.15) is 0 Å². The van der Waals surface area contributed by atoms with Crippen molar-refractivity contribution in [2.75, 3.05) is 19.0 Å². The molecule has 0 aromatic carbocycles. The summed E-state index contributed by atoms with van der Waals surface area (Å²) in [5.74, 6) is -0.244. The van der Waals surface area contributed by atoms with Crippen molar-refractivity contribution in [2.24, 2.45) is 0 Å².